The molecule has 0 fully saturated rings. The van der Waals surface area contributed by atoms with Gasteiger partial charge in [0, 0.05) is 13.6 Å². The average Bonchev–Trinajstić information content (AvgIpc) is 2.03. The first-order valence-electron chi connectivity index (χ1n) is 4.57. The van der Waals surface area contributed by atoms with Crippen molar-refractivity contribution in [3.63, 3.8) is 0 Å². The molecule has 0 heterocycles. The van der Waals surface area contributed by atoms with Crippen LogP contribution in [0.3, 0.4) is 0 Å². The predicted octanol–water partition coefficient (Wildman–Crippen LogP) is 1.02. The summed E-state index contributed by atoms with van der Waals surface area (Å²) in [5, 5.41) is 3.14. The lowest BCUT2D eigenvalue weighted by atomic mass is 10.0. The van der Waals surface area contributed by atoms with Gasteiger partial charge < -0.3 is 10.2 Å². The van der Waals surface area contributed by atoms with E-state index in [0.29, 0.717) is 6.54 Å². The van der Waals surface area contributed by atoms with Crippen LogP contribution in [0.2, 0.25) is 0 Å². The lowest BCUT2D eigenvalue weighted by Gasteiger charge is -2.29. The molecule has 0 aromatic carbocycles. The summed E-state index contributed by atoms with van der Waals surface area (Å²) >= 11 is 0. The van der Waals surface area contributed by atoms with Crippen LogP contribution in [0.25, 0.3) is 0 Å². The van der Waals surface area contributed by atoms with Gasteiger partial charge in [-0.15, -0.1) is 6.58 Å². The highest BCUT2D eigenvalue weighted by Crippen LogP contribution is 2.06. The number of hydrogen-bond donors (Lipinski definition) is 1. The molecule has 13 heavy (non-hydrogen) atoms. The van der Waals surface area contributed by atoms with E-state index in [4.69, 9.17) is 0 Å². The molecule has 0 saturated carbocycles. The second-order valence-electron chi connectivity index (χ2n) is 3.63. The molecule has 0 aromatic rings. The maximum absolute atomic E-state index is 11.8. The van der Waals surface area contributed by atoms with Gasteiger partial charge in [-0.05, 0) is 20.4 Å². The molecule has 0 rings (SSSR count). The number of likely N-dealkylation sites (N-methyl/N-ethyl adjacent to an activating group) is 2. The van der Waals surface area contributed by atoms with Gasteiger partial charge in [0.2, 0.25) is 5.91 Å². The van der Waals surface area contributed by atoms with Crippen LogP contribution in [0.1, 0.15) is 20.8 Å². The largest absolute Gasteiger partial charge is 0.340 e. The number of carbonyl (C=O) groups is 1. The summed E-state index contributed by atoms with van der Waals surface area (Å²) in [5.41, 5.74) is -0.480. The number of nitrogens with zero attached hydrogens (tertiary/aromatic N) is 1. The topological polar surface area (TPSA) is 32.3 Å². The molecule has 1 amide bonds. The van der Waals surface area contributed by atoms with Gasteiger partial charge in [-0.25, -0.2) is 0 Å². The van der Waals surface area contributed by atoms with Crippen molar-refractivity contribution >= 4 is 5.91 Å². The molecule has 1 N–H and O–H groups in total. The summed E-state index contributed by atoms with van der Waals surface area (Å²) in [7, 11) is 1.78. The van der Waals surface area contributed by atoms with E-state index in [-0.39, 0.29) is 5.91 Å². The minimum absolute atomic E-state index is 0.0919. The molecule has 0 aliphatic rings. The number of hydrogen-bond acceptors (Lipinski definition) is 2. The van der Waals surface area contributed by atoms with Gasteiger partial charge in [-0.3, -0.25) is 4.79 Å². The third kappa shape index (κ3) is 3.59. The number of amides is 1. The summed E-state index contributed by atoms with van der Waals surface area (Å²) in [5.74, 6) is 0.0919. The summed E-state index contributed by atoms with van der Waals surface area (Å²) in [6.45, 7) is 10.7. The Labute approximate surface area is 80.8 Å². The lowest BCUT2D eigenvalue weighted by Crippen LogP contribution is -2.52. The molecular weight excluding hydrogens is 164 g/mol. The summed E-state index contributed by atoms with van der Waals surface area (Å²) in [6.07, 6.45) is 1.72. The van der Waals surface area contributed by atoms with E-state index in [9.17, 15) is 4.79 Å². The Bertz CT molecular complexity index is 187. The SMILES string of the molecule is C=CCN(C)C(=O)C(C)(C)NCC. The first-order chi connectivity index (χ1) is 5.95. The fraction of sp³-hybridized carbons (Fsp3) is 0.700. The normalized spacial score (nSPS) is 11.1. The van der Waals surface area contributed by atoms with Crippen LogP contribution < -0.4 is 5.32 Å². The smallest absolute Gasteiger partial charge is 0.242 e. The highest BCUT2D eigenvalue weighted by molar-refractivity contribution is 5.85. The Morgan fingerprint density at radius 2 is 2.15 bits per heavy atom. The first kappa shape index (κ1) is 12.2. The molecule has 3 nitrogen and oxygen atoms in total. The number of nitrogens with one attached hydrogen (secondary N) is 1. The van der Waals surface area contributed by atoms with Crippen LogP contribution in [0, 0.1) is 0 Å². The molecule has 76 valence electrons. The van der Waals surface area contributed by atoms with Crippen LogP contribution in [0.5, 0.6) is 0 Å². The average molecular weight is 184 g/mol. The molecular formula is C10H20N2O. The molecule has 0 spiro atoms. The second-order valence-corrected chi connectivity index (χ2v) is 3.63. The third-order valence-electron chi connectivity index (χ3n) is 1.90. The fourth-order valence-corrected chi connectivity index (χ4v) is 1.27. The zero-order valence-electron chi connectivity index (χ0n) is 9.05. The van der Waals surface area contributed by atoms with Gasteiger partial charge >= 0.3 is 0 Å². The third-order valence-corrected chi connectivity index (χ3v) is 1.90. The van der Waals surface area contributed by atoms with E-state index in [1.165, 1.54) is 0 Å². The van der Waals surface area contributed by atoms with Crippen LogP contribution in [-0.2, 0) is 4.79 Å². The van der Waals surface area contributed by atoms with E-state index in [1.54, 1.807) is 18.0 Å². The van der Waals surface area contributed by atoms with E-state index < -0.39 is 5.54 Å². The monoisotopic (exact) mass is 184 g/mol. The summed E-state index contributed by atoms with van der Waals surface area (Å²) < 4.78 is 0. The Kier molecular flexibility index (Phi) is 4.70. The first-order valence-corrected chi connectivity index (χ1v) is 4.57. The molecule has 0 unspecified atom stereocenters. The predicted molar refractivity (Wildman–Crippen MR) is 55.6 cm³/mol. The second kappa shape index (κ2) is 5.02. The van der Waals surface area contributed by atoms with Gasteiger partial charge in [0.1, 0.15) is 0 Å². The molecule has 3 heteroatoms. The fourth-order valence-electron chi connectivity index (χ4n) is 1.27. The highest BCUT2D eigenvalue weighted by Gasteiger charge is 2.28. The van der Waals surface area contributed by atoms with E-state index >= 15 is 0 Å². The Morgan fingerprint density at radius 3 is 2.54 bits per heavy atom. The van der Waals surface area contributed by atoms with Crippen molar-refractivity contribution < 1.29 is 4.79 Å². The zero-order chi connectivity index (χ0) is 10.5. The van der Waals surface area contributed by atoms with Crippen molar-refractivity contribution in [1.29, 1.82) is 0 Å². The van der Waals surface area contributed by atoms with Crippen molar-refractivity contribution in [2.45, 2.75) is 26.3 Å². The van der Waals surface area contributed by atoms with Gasteiger partial charge in [0.05, 0.1) is 5.54 Å². The maximum atomic E-state index is 11.8. The van der Waals surface area contributed by atoms with Crippen molar-refractivity contribution in [3.05, 3.63) is 12.7 Å². The molecule has 0 bridgehead atoms. The van der Waals surface area contributed by atoms with E-state index in [1.807, 2.05) is 20.8 Å². The molecule has 0 radical (unpaired) electrons. The molecule has 0 aliphatic heterocycles. The van der Waals surface area contributed by atoms with Crippen molar-refractivity contribution in [1.82, 2.24) is 10.2 Å². The minimum atomic E-state index is -0.480. The van der Waals surface area contributed by atoms with E-state index in [0.717, 1.165) is 6.54 Å². The maximum Gasteiger partial charge on any atom is 0.242 e. The number of carbonyl (C=O) groups excluding carboxylic acids is 1. The summed E-state index contributed by atoms with van der Waals surface area (Å²) in [4.78, 5) is 13.4. The molecule has 0 aliphatic carbocycles. The van der Waals surface area contributed by atoms with Crippen LogP contribution in [-0.4, -0.2) is 36.5 Å². The van der Waals surface area contributed by atoms with E-state index in [2.05, 4.69) is 11.9 Å². The Hall–Kier alpha value is -0.830. The van der Waals surface area contributed by atoms with Crippen LogP contribution in [0.4, 0.5) is 0 Å². The zero-order valence-corrected chi connectivity index (χ0v) is 9.05. The van der Waals surface area contributed by atoms with Crippen molar-refractivity contribution in [2.75, 3.05) is 20.1 Å². The standard InChI is InChI=1S/C10H20N2O/c1-6-8-12(5)9(13)10(3,4)11-7-2/h6,11H,1,7-8H2,2-5H3. The number of rotatable bonds is 5. The minimum Gasteiger partial charge on any atom is -0.340 e. The van der Waals surface area contributed by atoms with Crippen LogP contribution in [0.15, 0.2) is 12.7 Å². The van der Waals surface area contributed by atoms with Gasteiger partial charge in [-0.2, -0.15) is 0 Å². The van der Waals surface area contributed by atoms with Gasteiger partial charge in [0.25, 0.3) is 0 Å². The summed E-state index contributed by atoms with van der Waals surface area (Å²) in [6, 6.07) is 0. The highest BCUT2D eigenvalue weighted by atomic mass is 16.2. The Morgan fingerprint density at radius 1 is 1.62 bits per heavy atom. The molecule has 0 atom stereocenters. The van der Waals surface area contributed by atoms with Crippen LogP contribution >= 0.6 is 0 Å². The molecule has 0 aromatic heterocycles. The quantitative estimate of drug-likeness (QED) is 0.647. The Balaban J connectivity index is 4.29. The van der Waals surface area contributed by atoms with Gasteiger partial charge in [-0.1, -0.05) is 13.0 Å². The lowest BCUT2D eigenvalue weighted by molar-refractivity contribution is -0.135. The molecule has 0 saturated heterocycles. The van der Waals surface area contributed by atoms with Crippen molar-refractivity contribution in [3.8, 4) is 0 Å². The van der Waals surface area contributed by atoms with Gasteiger partial charge in [0.15, 0.2) is 0 Å². The van der Waals surface area contributed by atoms with Crippen molar-refractivity contribution in [2.24, 2.45) is 0 Å².